The van der Waals surface area contributed by atoms with Gasteiger partial charge in [0, 0.05) is 34.3 Å². The van der Waals surface area contributed by atoms with E-state index in [2.05, 4.69) is 241 Å². The first-order valence-corrected chi connectivity index (χ1v) is 20.5. The van der Waals surface area contributed by atoms with E-state index in [0.29, 0.717) is 0 Å². The minimum atomic E-state index is 0.806. The molecular weight excluding hydrogens is 727 g/mol. The third-order valence-corrected chi connectivity index (χ3v) is 11.7. The summed E-state index contributed by atoms with van der Waals surface area (Å²) in [6.07, 6.45) is 0. The lowest BCUT2D eigenvalue weighted by molar-refractivity contribution is 0.488. The molecule has 0 saturated heterocycles. The molecule has 1 heterocycles. The van der Waals surface area contributed by atoms with E-state index in [0.717, 1.165) is 67.5 Å². The Kier molecular flexibility index (Phi) is 8.87. The first kappa shape index (κ1) is 35.2. The number of benzene rings is 10. The monoisotopic (exact) mass is 765 g/mol. The van der Waals surface area contributed by atoms with Crippen LogP contribution < -0.4 is 9.64 Å². The number of fused-ring (bicyclic) bond motifs is 6. The van der Waals surface area contributed by atoms with Gasteiger partial charge in [0.1, 0.15) is 11.5 Å². The van der Waals surface area contributed by atoms with Gasteiger partial charge in [-0.25, -0.2) is 0 Å². The van der Waals surface area contributed by atoms with Crippen LogP contribution >= 0.6 is 0 Å². The van der Waals surface area contributed by atoms with Gasteiger partial charge < -0.3 is 9.64 Å². The lowest BCUT2D eigenvalue weighted by Gasteiger charge is -2.27. The number of rotatable bonds is 7. The van der Waals surface area contributed by atoms with Gasteiger partial charge in [0.15, 0.2) is 0 Å². The number of ether oxygens (including phenoxy) is 1. The number of hydrogen-bond donors (Lipinski definition) is 0. The molecule has 0 aromatic heterocycles. The second-order valence-corrected chi connectivity index (χ2v) is 15.3. The van der Waals surface area contributed by atoms with E-state index < -0.39 is 0 Å². The van der Waals surface area contributed by atoms with Gasteiger partial charge in [-0.1, -0.05) is 182 Å². The molecule has 2 heteroatoms. The number of anilines is 3. The summed E-state index contributed by atoms with van der Waals surface area (Å²) in [4.78, 5) is 2.34. The maximum Gasteiger partial charge on any atom is 0.137 e. The molecule has 0 bridgehead atoms. The molecule has 0 atom stereocenters. The first-order valence-electron chi connectivity index (χ1n) is 20.5. The van der Waals surface area contributed by atoms with Gasteiger partial charge in [0.05, 0.1) is 0 Å². The molecule has 2 nitrogen and oxygen atoms in total. The SMILES string of the molecule is c1ccc(-c2ccc(-c3ccc4c(c3)-c3ccc(N(c5ccc(-c6ccccc6)cc5)c5ccc6ccccc6c5)cc3Oc3cccc(-c5ccccc5)c3-4)cc2)cc1. The van der Waals surface area contributed by atoms with Crippen molar-refractivity contribution in [3.05, 3.63) is 237 Å². The Hall–Kier alpha value is -7.94. The molecule has 0 aliphatic carbocycles. The van der Waals surface area contributed by atoms with Crippen molar-refractivity contribution >= 4 is 27.8 Å². The van der Waals surface area contributed by atoms with E-state index in [1.165, 1.54) is 38.6 Å². The normalized spacial score (nSPS) is 11.5. The predicted molar refractivity (Wildman–Crippen MR) is 251 cm³/mol. The predicted octanol–water partition coefficient (Wildman–Crippen LogP) is 16.4. The highest BCUT2D eigenvalue weighted by molar-refractivity contribution is 6.00. The van der Waals surface area contributed by atoms with Gasteiger partial charge in [0.2, 0.25) is 0 Å². The van der Waals surface area contributed by atoms with Crippen LogP contribution in [-0.2, 0) is 0 Å². The summed E-state index contributed by atoms with van der Waals surface area (Å²) in [5, 5.41) is 2.39. The Morgan fingerprint density at radius 2 is 0.750 bits per heavy atom. The average molecular weight is 766 g/mol. The second-order valence-electron chi connectivity index (χ2n) is 15.3. The summed E-state index contributed by atoms with van der Waals surface area (Å²) < 4.78 is 7.14. The Morgan fingerprint density at radius 1 is 0.250 bits per heavy atom. The smallest absolute Gasteiger partial charge is 0.137 e. The second kappa shape index (κ2) is 15.1. The largest absolute Gasteiger partial charge is 0.456 e. The van der Waals surface area contributed by atoms with Crippen molar-refractivity contribution < 1.29 is 4.74 Å². The molecule has 0 N–H and O–H groups in total. The molecule has 1 aliphatic heterocycles. The summed E-state index contributed by atoms with van der Waals surface area (Å²) in [5.41, 5.74) is 16.9. The molecule has 1 aliphatic rings. The van der Waals surface area contributed by atoms with Crippen molar-refractivity contribution in [2.75, 3.05) is 4.90 Å². The van der Waals surface area contributed by atoms with Crippen LogP contribution in [0.2, 0.25) is 0 Å². The molecule has 10 aromatic carbocycles. The van der Waals surface area contributed by atoms with E-state index in [-0.39, 0.29) is 0 Å². The van der Waals surface area contributed by atoms with Crippen molar-refractivity contribution in [3.63, 3.8) is 0 Å². The van der Waals surface area contributed by atoms with Crippen LogP contribution in [0.5, 0.6) is 11.5 Å². The standard InChI is InChI=1S/C58H39NO/c1-4-13-40(14-5-1)43-23-25-45(26-24-43)48-30-35-54-55(38-48)53-36-34-51(39-57(53)60-56-22-12-21-52(58(54)56)46-18-8-3-9-19-46)59(50-33-29-42-17-10-11-20-47(42)37-50)49-31-27-44(28-32-49)41-15-6-2-7-16-41/h1-39H. The van der Waals surface area contributed by atoms with Crippen LogP contribution in [0.4, 0.5) is 17.1 Å². The summed E-state index contributed by atoms with van der Waals surface area (Å²) in [5.74, 6) is 1.64. The van der Waals surface area contributed by atoms with Gasteiger partial charge in [-0.2, -0.15) is 0 Å². The minimum absolute atomic E-state index is 0.806. The van der Waals surface area contributed by atoms with Crippen molar-refractivity contribution in [2.24, 2.45) is 0 Å². The maximum atomic E-state index is 7.14. The summed E-state index contributed by atoms with van der Waals surface area (Å²) in [7, 11) is 0. The third-order valence-electron chi connectivity index (χ3n) is 11.7. The van der Waals surface area contributed by atoms with Crippen molar-refractivity contribution in [2.45, 2.75) is 0 Å². The topological polar surface area (TPSA) is 12.5 Å². The van der Waals surface area contributed by atoms with Crippen LogP contribution in [-0.4, -0.2) is 0 Å². The Morgan fingerprint density at radius 3 is 1.43 bits per heavy atom. The molecule has 10 aromatic rings. The fourth-order valence-corrected chi connectivity index (χ4v) is 8.67. The number of nitrogens with zero attached hydrogens (tertiary/aromatic N) is 1. The first-order chi connectivity index (χ1) is 29.7. The van der Waals surface area contributed by atoms with E-state index in [1.807, 2.05) is 0 Å². The van der Waals surface area contributed by atoms with E-state index in [9.17, 15) is 0 Å². The van der Waals surface area contributed by atoms with Crippen LogP contribution in [0.1, 0.15) is 0 Å². The summed E-state index contributed by atoms with van der Waals surface area (Å²) >= 11 is 0. The highest BCUT2D eigenvalue weighted by Gasteiger charge is 2.26. The zero-order chi connectivity index (χ0) is 39.8. The molecule has 0 saturated carbocycles. The van der Waals surface area contributed by atoms with Crippen LogP contribution in [0, 0.1) is 0 Å². The highest BCUT2D eigenvalue weighted by Crippen LogP contribution is 2.52. The summed E-state index contributed by atoms with van der Waals surface area (Å²) in [6, 6.07) is 84.7. The molecule has 0 unspecified atom stereocenters. The molecular formula is C58H39NO. The van der Waals surface area contributed by atoms with Gasteiger partial charge in [0.25, 0.3) is 0 Å². The van der Waals surface area contributed by atoms with Gasteiger partial charge in [-0.3, -0.25) is 0 Å². The molecule has 11 rings (SSSR count). The van der Waals surface area contributed by atoms with Crippen molar-refractivity contribution in [1.29, 1.82) is 0 Å². The highest BCUT2D eigenvalue weighted by atomic mass is 16.5. The maximum absolute atomic E-state index is 7.14. The van der Waals surface area contributed by atoms with Crippen LogP contribution in [0.3, 0.4) is 0 Å². The molecule has 0 fully saturated rings. The van der Waals surface area contributed by atoms with Gasteiger partial charge >= 0.3 is 0 Å². The fraction of sp³-hybridized carbons (Fsp3) is 0. The Balaban J connectivity index is 1.08. The lowest BCUT2D eigenvalue weighted by atomic mass is 9.87. The average Bonchev–Trinajstić information content (AvgIpc) is 3.46. The zero-order valence-corrected chi connectivity index (χ0v) is 32.9. The molecule has 0 radical (unpaired) electrons. The van der Waals surface area contributed by atoms with E-state index in [1.54, 1.807) is 0 Å². The third kappa shape index (κ3) is 6.51. The molecule has 282 valence electrons. The molecule has 60 heavy (non-hydrogen) atoms. The lowest BCUT2D eigenvalue weighted by Crippen LogP contribution is -2.10. The van der Waals surface area contributed by atoms with E-state index >= 15 is 0 Å². The van der Waals surface area contributed by atoms with E-state index in [4.69, 9.17) is 4.74 Å². The summed E-state index contributed by atoms with van der Waals surface area (Å²) in [6.45, 7) is 0. The van der Waals surface area contributed by atoms with Gasteiger partial charge in [-0.15, -0.1) is 0 Å². The van der Waals surface area contributed by atoms with Crippen LogP contribution in [0.25, 0.3) is 77.5 Å². The molecule has 0 spiro atoms. The van der Waals surface area contributed by atoms with Crippen molar-refractivity contribution in [3.8, 4) is 78.3 Å². The zero-order valence-electron chi connectivity index (χ0n) is 32.9. The van der Waals surface area contributed by atoms with Crippen LogP contribution in [0.15, 0.2) is 237 Å². The Labute approximate surface area is 350 Å². The minimum Gasteiger partial charge on any atom is -0.456 e. The van der Waals surface area contributed by atoms with Gasteiger partial charge in [-0.05, 0) is 115 Å². The number of hydrogen-bond acceptors (Lipinski definition) is 2. The Bertz CT molecular complexity index is 3140. The van der Waals surface area contributed by atoms with Crippen molar-refractivity contribution in [1.82, 2.24) is 0 Å². The fourth-order valence-electron chi connectivity index (χ4n) is 8.67. The quantitative estimate of drug-likeness (QED) is 0.160. The molecule has 0 amide bonds.